The monoisotopic (exact) mass is 429 g/mol. The van der Waals surface area contributed by atoms with Gasteiger partial charge in [-0.2, -0.15) is 18.3 Å². The molecule has 0 saturated heterocycles. The number of halogens is 3. The average molecular weight is 429 g/mol. The predicted octanol–water partition coefficient (Wildman–Crippen LogP) is 5.42. The van der Waals surface area contributed by atoms with E-state index in [0.29, 0.717) is 0 Å². The third-order valence-electron chi connectivity index (χ3n) is 5.34. The van der Waals surface area contributed by atoms with E-state index in [-0.39, 0.29) is 17.5 Å². The molecule has 1 aliphatic rings. The molecule has 0 spiro atoms. The summed E-state index contributed by atoms with van der Waals surface area (Å²) in [5.41, 5.74) is 6.08. The number of benzene rings is 2. The second-order valence-electron chi connectivity index (χ2n) is 8.17. The molecule has 2 aromatic carbocycles. The van der Waals surface area contributed by atoms with Crippen LogP contribution >= 0.6 is 0 Å². The molecule has 2 aromatic rings. The largest absolute Gasteiger partial charge is 0.416 e. The molecule has 4 nitrogen and oxygen atoms in total. The quantitative estimate of drug-likeness (QED) is 0.510. The van der Waals surface area contributed by atoms with Crippen LogP contribution in [0.2, 0.25) is 0 Å². The third-order valence-corrected chi connectivity index (χ3v) is 5.34. The van der Waals surface area contributed by atoms with E-state index in [4.69, 9.17) is 0 Å². The van der Waals surface area contributed by atoms with Crippen LogP contribution < -0.4 is 10.3 Å². The highest BCUT2D eigenvalue weighted by Crippen LogP contribution is 2.38. The molecule has 31 heavy (non-hydrogen) atoms. The third kappa shape index (κ3) is 5.16. The van der Waals surface area contributed by atoms with Crippen LogP contribution in [0, 0.1) is 0 Å². The first-order valence-corrected chi connectivity index (χ1v) is 10.1. The van der Waals surface area contributed by atoms with Gasteiger partial charge < -0.3 is 4.90 Å². The molecule has 1 aliphatic heterocycles. The number of amides is 1. The van der Waals surface area contributed by atoms with Gasteiger partial charge in [0.05, 0.1) is 23.7 Å². The number of rotatable bonds is 5. The van der Waals surface area contributed by atoms with Crippen molar-refractivity contribution in [3.63, 3.8) is 0 Å². The van der Waals surface area contributed by atoms with Gasteiger partial charge in [0.15, 0.2) is 0 Å². The van der Waals surface area contributed by atoms with Gasteiger partial charge in [-0.15, -0.1) is 0 Å². The first kappa shape index (κ1) is 22.6. The Morgan fingerprint density at radius 1 is 1.19 bits per heavy atom. The Morgan fingerprint density at radius 3 is 2.61 bits per heavy atom. The van der Waals surface area contributed by atoms with Crippen LogP contribution in [-0.2, 0) is 17.4 Å². The molecular formula is C24H26F3N3O. The molecule has 1 N–H and O–H groups in total. The molecule has 164 valence electrons. The van der Waals surface area contributed by atoms with E-state index in [0.717, 1.165) is 35.5 Å². The Hall–Kier alpha value is -3.09. The van der Waals surface area contributed by atoms with Gasteiger partial charge in [0, 0.05) is 17.8 Å². The van der Waals surface area contributed by atoms with E-state index >= 15 is 0 Å². The van der Waals surface area contributed by atoms with E-state index in [1.165, 1.54) is 23.9 Å². The van der Waals surface area contributed by atoms with Crippen LogP contribution in [0.5, 0.6) is 0 Å². The van der Waals surface area contributed by atoms with Crippen LogP contribution in [0.1, 0.15) is 49.9 Å². The number of hydrazone groups is 1. The summed E-state index contributed by atoms with van der Waals surface area (Å²) in [6.07, 6.45) is -0.857. The molecule has 0 bridgehead atoms. The summed E-state index contributed by atoms with van der Waals surface area (Å²) < 4.78 is 38.4. The first-order chi connectivity index (χ1) is 14.5. The highest BCUT2D eigenvalue weighted by Gasteiger charge is 2.31. The van der Waals surface area contributed by atoms with Crippen molar-refractivity contribution in [2.45, 2.75) is 45.8 Å². The van der Waals surface area contributed by atoms with E-state index in [2.05, 4.69) is 49.2 Å². The Bertz CT molecular complexity index is 1040. The number of fused-ring (bicyclic) bond motifs is 1. The normalized spacial score (nSPS) is 15.6. The Labute approximate surface area is 180 Å². The zero-order valence-corrected chi connectivity index (χ0v) is 18.0. The van der Waals surface area contributed by atoms with Crippen LogP contribution in [0.4, 0.5) is 18.9 Å². The number of anilines is 1. The lowest BCUT2D eigenvalue weighted by atomic mass is 9.88. The Balaban J connectivity index is 1.68. The SMILES string of the molecule is CCN1c2ccc(/C=N/NC(=O)Cc3cccc(C(F)(F)F)c3)cc2C(C)=CC1(C)C. The molecule has 3 rings (SSSR count). The van der Waals surface area contributed by atoms with E-state index in [1.807, 2.05) is 18.2 Å². The molecule has 0 aliphatic carbocycles. The maximum Gasteiger partial charge on any atom is 0.416 e. The number of nitrogens with one attached hydrogen (secondary N) is 1. The molecular weight excluding hydrogens is 403 g/mol. The first-order valence-electron chi connectivity index (χ1n) is 10.1. The molecule has 7 heteroatoms. The summed E-state index contributed by atoms with van der Waals surface area (Å²) in [5, 5.41) is 3.97. The zero-order chi connectivity index (χ0) is 22.8. The minimum absolute atomic E-state index is 0.0706. The van der Waals surface area contributed by atoms with Crippen molar-refractivity contribution in [3.05, 3.63) is 70.8 Å². The van der Waals surface area contributed by atoms with Crippen LogP contribution in [0.3, 0.4) is 0 Å². The number of likely N-dealkylation sites (N-methyl/N-ethyl adjacent to an activating group) is 1. The number of carbonyl (C=O) groups is 1. The molecule has 0 radical (unpaired) electrons. The standard InChI is InChI=1S/C24H26F3N3O/c1-5-30-21-10-9-18(12-20(21)16(2)14-23(30,3)4)15-28-29-22(31)13-17-7-6-8-19(11-17)24(25,26)27/h6-12,14-15H,5,13H2,1-4H3,(H,29,31)/b28-15+. The highest BCUT2D eigenvalue weighted by atomic mass is 19.4. The van der Waals surface area contributed by atoms with Gasteiger partial charge in [-0.25, -0.2) is 5.43 Å². The predicted molar refractivity (Wildman–Crippen MR) is 118 cm³/mol. The van der Waals surface area contributed by atoms with Crippen LogP contribution in [0.25, 0.3) is 5.57 Å². The van der Waals surface area contributed by atoms with E-state index in [9.17, 15) is 18.0 Å². The molecule has 0 saturated carbocycles. The van der Waals surface area contributed by atoms with Crippen LogP contribution in [0.15, 0.2) is 53.6 Å². The highest BCUT2D eigenvalue weighted by molar-refractivity contribution is 5.88. The second-order valence-corrected chi connectivity index (χ2v) is 8.17. The van der Waals surface area contributed by atoms with Gasteiger partial charge in [0.1, 0.15) is 0 Å². The zero-order valence-electron chi connectivity index (χ0n) is 18.0. The summed E-state index contributed by atoms with van der Waals surface area (Å²) in [7, 11) is 0. The topological polar surface area (TPSA) is 44.7 Å². The van der Waals surface area contributed by atoms with Gasteiger partial charge >= 0.3 is 6.18 Å². The molecule has 1 heterocycles. The summed E-state index contributed by atoms with van der Waals surface area (Å²) in [5.74, 6) is -0.483. The lowest BCUT2D eigenvalue weighted by Gasteiger charge is -2.42. The molecule has 0 aromatic heterocycles. The van der Waals surface area contributed by atoms with Crippen molar-refractivity contribution in [1.82, 2.24) is 5.43 Å². The van der Waals surface area contributed by atoms with Crippen molar-refractivity contribution < 1.29 is 18.0 Å². The number of alkyl halides is 3. The number of hydrogen-bond acceptors (Lipinski definition) is 3. The smallest absolute Gasteiger partial charge is 0.363 e. The van der Waals surface area contributed by atoms with Gasteiger partial charge in [-0.3, -0.25) is 4.79 Å². The molecule has 0 unspecified atom stereocenters. The second kappa shape index (κ2) is 8.57. The summed E-state index contributed by atoms with van der Waals surface area (Å²) in [4.78, 5) is 14.4. The number of carbonyl (C=O) groups excluding carboxylic acids is 1. The maximum absolute atomic E-state index is 12.8. The minimum Gasteiger partial charge on any atom is -0.363 e. The van der Waals surface area contributed by atoms with Crippen molar-refractivity contribution in [1.29, 1.82) is 0 Å². The van der Waals surface area contributed by atoms with E-state index in [1.54, 1.807) is 0 Å². The fraction of sp³-hybridized carbons (Fsp3) is 0.333. The van der Waals surface area contributed by atoms with Crippen molar-refractivity contribution in [3.8, 4) is 0 Å². The lowest BCUT2D eigenvalue weighted by molar-refractivity contribution is -0.137. The van der Waals surface area contributed by atoms with Crippen molar-refractivity contribution in [2.75, 3.05) is 11.4 Å². The molecule has 0 fully saturated rings. The fourth-order valence-electron chi connectivity index (χ4n) is 4.02. The number of hydrogen-bond donors (Lipinski definition) is 1. The number of allylic oxidation sites excluding steroid dienone is 1. The van der Waals surface area contributed by atoms with Gasteiger partial charge in [-0.05, 0) is 62.6 Å². The summed E-state index contributed by atoms with van der Waals surface area (Å²) in [6.45, 7) is 9.43. The van der Waals surface area contributed by atoms with Gasteiger partial charge in [0.2, 0.25) is 5.91 Å². The van der Waals surface area contributed by atoms with E-state index < -0.39 is 17.6 Å². The maximum atomic E-state index is 12.8. The molecule has 1 amide bonds. The Morgan fingerprint density at radius 2 is 1.94 bits per heavy atom. The fourth-order valence-corrected chi connectivity index (χ4v) is 4.02. The number of nitrogens with zero attached hydrogens (tertiary/aromatic N) is 2. The van der Waals surface area contributed by atoms with Crippen molar-refractivity contribution >= 4 is 23.4 Å². The lowest BCUT2D eigenvalue weighted by Crippen LogP contribution is -2.44. The minimum atomic E-state index is -4.44. The van der Waals surface area contributed by atoms with Gasteiger partial charge in [-0.1, -0.05) is 30.3 Å². The van der Waals surface area contributed by atoms with Crippen LogP contribution in [-0.4, -0.2) is 24.2 Å². The van der Waals surface area contributed by atoms with Gasteiger partial charge in [0.25, 0.3) is 0 Å². The Kier molecular flexibility index (Phi) is 6.25. The summed E-state index contributed by atoms with van der Waals surface area (Å²) in [6, 6.07) is 10.7. The van der Waals surface area contributed by atoms with Crippen molar-refractivity contribution in [2.24, 2.45) is 5.10 Å². The molecule has 0 atom stereocenters. The average Bonchev–Trinajstić information content (AvgIpc) is 2.67. The summed E-state index contributed by atoms with van der Waals surface area (Å²) >= 11 is 0.